The van der Waals surface area contributed by atoms with E-state index in [1.54, 1.807) is 0 Å². The van der Waals surface area contributed by atoms with Gasteiger partial charge in [-0.1, -0.05) is 0 Å². The van der Waals surface area contributed by atoms with Crippen molar-refractivity contribution in [2.75, 3.05) is 39.5 Å². The molecule has 0 aromatic rings. The summed E-state index contributed by atoms with van der Waals surface area (Å²) >= 11 is 0. The molecule has 5 heteroatoms. The highest BCUT2D eigenvalue weighted by Gasteiger charge is 2.15. The molecule has 14 heavy (non-hydrogen) atoms. The van der Waals surface area contributed by atoms with E-state index in [1.807, 2.05) is 4.90 Å². The van der Waals surface area contributed by atoms with Crippen molar-refractivity contribution in [3.63, 3.8) is 0 Å². The smallest absolute Gasteiger partial charge is 0.0586 e. The standard InChI is InChI=1S/C9H21NO4/c11-5-1-2-9(8-14)10(3-6-12)4-7-13/h9,11-14H,1-8H2. The van der Waals surface area contributed by atoms with Crippen LogP contribution in [0.3, 0.4) is 0 Å². The van der Waals surface area contributed by atoms with Crippen molar-refractivity contribution in [2.45, 2.75) is 18.9 Å². The molecule has 0 saturated carbocycles. The van der Waals surface area contributed by atoms with E-state index >= 15 is 0 Å². The monoisotopic (exact) mass is 207 g/mol. The molecular formula is C9H21NO4. The molecule has 0 aromatic heterocycles. The lowest BCUT2D eigenvalue weighted by Crippen LogP contribution is -2.41. The maximum Gasteiger partial charge on any atom is 0.0586 e. The highest BCUT2D eigenvalue weighted by atomic mass is 16.3. The molecule has 1 atom stereocenters. The molecule has 0 rings (SSSR count). The highest BCUT2D eigenvalue weighted by Crippen LogP contribution is 2.05. The molecule has 0 aliphatic heterocycles. The molecule has 0 heterocycles. The molecule has 0 bridgehead atoms. The summed E-state index contributed by atoms with van der Waals surface area (Å²) in [5.74, 6) is 0. The molecule has 86 valence electrons. The van der Waals surface area contributed by atoms with Crippen LogP contribution in [-0.2, 0) is 0 Å². The Kier molecular flexibility index (Phi) is 9.23. The minimum atomic E-state index is -0.0820. The number of aliphatic hydroxyl groups excluding tert-OH is 4. The molecule has 0 radical (unpaired) electrons. The molecule has 4 N–H and O–H groups in total. The lowest BCUT2D eigenvalue weighted by molar-refractivity contribution is 0.0755. The lowest BCUT2D eigenvalue weighted by atomic mass is 10.1. The van der Waals surface area contributed by atoms with Crippen LogP contribution in [0.2, 0.25) is 0 Å². The Hall–Kier alpha value is -0.200. The predicted octanol–water partition coefficient (Wildman–Crippen LogP) is -1.59. The third-order valence-electron chi connectivity index (χ3n) is 2.20. The number of hydrogen-bond acceptors (Lipinski definition) is 5. The zero-order valence-corrected chi connectivity index (χ0v) is 8.47. The first-order chi connectivity index (χ1) is 6.79. The van der Waals surface area contributed by atoms with Gasteiger partial charge in [0.25, 0.3) is 0 Å². The maximum absolute atomic E-state index is 9.09. The van der Waals surface area contributed by atoms with Crippen LogP contribution in [0.4, 0.5) is 0 Å². The molecule has 0 aliphatic carbocycles. The van der Waals surface area contributed by atoms with Crippen LogP contribution in [0.5, 0.6) is 0 Å². The fourth-order valence-corrected chi connectivity index (χ4v) is 1.45. The normalized spacial score (nSPS) is 13.5. The zero-order valence-electron chi connectivity index (χ0n) is 8.47. The first-order valence-corrected chi connectivity index (χ1v) is 4.97. The van der Waals surface area contributed by atoms with Crippen molar-refractivity contribution in [1.29, 1.82) is 0 Å². The van der Waals surface area contributed by atoms with Crippen LogP contribution in [0.25, 0.3) is 0 Å². The van der Waals surface area contributed by atoms with Crippen LogP contribution in [-0.4, -0.2) is 70.9 Å². The van der Waals surface area contributed by atoms with Crippen molar-refractivity contribution in [3.05, 3.63) is 0 Å². The van der Waals surface area contributed by atoms with Gasteiger partial charge in [-0.25, -0.2) is 0 Å². The van der Waals surface area contributed by atoms with Gasteiger partial charge in [-0.3, -0.25) is 4.90 Å². The molecule has 0 amide bonds. The third-order valence-corrected chi connectivity index (χ3v) is 2.20. The van der Waals surface area contributed by atoms with Crippen LogP contribution in [0.15, 0.2) is 0 Å². The summed E-state index contributed by atoms with van der Waals surface area (Å²) in [6, 6.07) is -0.0820. The summed E-state index contributed by atoms with van der Waals surface area (Å²) in [6.45, 7) is 0.988. The first kappa shape index (κ1) is 13.8. The Labute approximate surface area is 84.6 Å². The topological polar surface area (TPSA) is 84.2 Å². The number of nitrogens with zero attached hydrogens (tertiary/aromatic N) is 1. The van der Waals surface area contributed by atoms with Crippen LogP contribution < -0.4 is 0 Å². The summed E-state index contributed by atoms with van der Waals surface area (Å²) in [7, 11) is 0. The Bertz CT molecular complexity index is 117. The van der Waals surface area contributed by atoms with E-state index in [9.17, 15) is 0 Å². The quantitative estimate of drug-likeness (QED) is 0.366. The van der Waals surface area contributed by atoms with E-state index < -0.39 is 0 Å². The Morgan fingerprint density at radius 3 is 1.79 bits per heavy atom. The average molecular weight is 207 g/mol. The minimum Gasteiger partial charge on any atom is -0.396 e. The van der Waals surface area contributed by atoms with Crippen molar-refractivity contribution >= 4 is 0 Å². The fraction of sp³-hybridized carbons (Fsp3) is 1.00. The summed E-state index contributed by atoms with van der Waals surface area (Å²) < 4.78 is 0. The minimum absolute atomic E-state index is 0.00955. The van der Waals surface area contributed by atoms with Gasteiger partial charge in [0.05, 0.1) is 19.8 Å². The molecular weight excluding hydrogens is 186 g/mol. The molecule has 0 aliphatic rings. The van der Waals surface area contributed by atoms with Crippen LogP contribution in [0, 0.1) is 0 Å². The maximum atomic E-state index is 9.09. The van der Waals surface area contributed by atoms with Crippen LogP contribution in [0.1, 0.15) is 12.8 Å². The van der Waals surface area contributed by atoms with Gasteiger partial charge in [-0.05, 0) is 12.8 Å². The SMILES string of the molecule is OCCCC(CO)N(CCO)CCO. The van der Waals surface area contributed by atoms with Gasteiger partial charge in [0.15, 0.2) is 0 Å². The van der Waals surface area contributed by atoms with Gasteiger partial charge in [-0.15, -0.1) is 0 Å². The molecule has 0 fully saturated rings. The van der Waals surface area contributed by atoms with Gasteiger partial charge in [-0.2, -0.15) is 0 Å². The second kappa shape index (κ2) is 9.36. The van der Waals surface area contributed by atoms with E-state index in [0.29, 0.717) is 25.9 Å². The third kappa shape index (κ3) is 5.51. The fourth-order valence-electron chi connectivity index (χ4n) is 1.45. The second-order valence-electron chi connectivity index (χ2n) is 3.19. The average Bonchev–Trinajstić information content (AvgIpc) is 2.19. The lowest BCUT2D eigenvalue weighted by Gasteiger charge is -2.29. The van der Waals surface area contributed by atoms with Crippen molar-refractivity contribution in [2.24, 2.45) is 0 Å². The summed E-state index contributed by atoms with van der Waals surface area (Å²) in [5.41, 5.74) is 0. The largest absolute Gasteiger partial charge is 0.396 e. The predicted molar refractivity (Wildman–Crippen MR) is 52.9 cm³/mol. The van der Waals surface area contributed by atoms with E-state index in [4.69, 9.17) is 20.4 Å². The molecule has 5 nitrogen and oxygen atoms in total. The summed E-state index contributed by atoms with van der Waals surface area (Å²) in [6.07, 6.45) is 1.30. The number of aliphatic hydroxyl groups is 4. The molecule has 1 unspecified atom stereocenters. The first-order valence-electron chi connectivity index (χ1n) is 4.97. The molecule has 0 saturated heterocycles. The van der Waals surface area contributed by atoms with Gasteiger partial charge in [0.2, 0.25) is 0 Å². The molecule has 0 spiro atoms. The second-order valence-corrected chi connectivity index (χ2v) is 3.19. The zero-order chi connectivity index (χ0) is 10.8. The Morgan fingerprint density at radius 2 is 1.43 bits per heavy atom. The summed E-state index contributed by atoms with van der Waals surface area (Å²) in [5, 5.41) is 35.3. The van der Waals surface area contributed by atoms with Gasteiger partial charge in [0, 0.05) is 25.7 Å². The van der Waals surface area contributed by atoms with Crippen molar-refractivity contribution < 1.29 is 20.4 Å². The van der Waals surface area contributed by atoms with Gasteiger partial charge in [0.1, 0.15) is 0 Å². The van der Waals surface area contributed by atoms with E-state index in [-0.39, 0.29) is 32.5 Å². The molecule has 0 aromatic carbocycles. The number of rotatable bonds is 9. The van der Waals surface area contributed by atoms with Crippen LogP contribution >= 0.6 is 0 Å². The highest BCUT2D eigenvalue weighted by molar-refractivity contribution is 4.70. The van der Waals surface area contributed by atoms with E-state index in [2.05, 4.69) is 0 Å². The number of hydrogen-bond donors (Lipinski definition) is 4. The van der Waals surface area contributed by atoms with Gasteiger partial charge < -0.3 is 20.4 Å². The van der Waals surface area contributed by atoms with E-state index in [1.165, 1.54) is 0 Å². The van der Waals surface area contributed by atoms with Crippen molar-refractivity contribution in [1.82, 2.24) is 4.90 Å². The summed E-state index contributed by atoms with van der Waals surface area (Å²) in [4.78, 5) is 1.83. The Morgan fingerprint density at radius 1 is 0.857 bits per heavy atom. The van der Waals surface area contributed by atoms with Gasteiger partial charge >= 0.3 is 0 Å². The van der Waals surface area contributed by atoms with Crippen molar-refractivity contribution in [3.8, 4) is 0 Å². The Balaban J connectivity index is 3.96. The van der Waals surface area contributed by atoms with E-state index in [0.717, 1.165) is 0 Å².